The summed E-state index contributed by atoms with van der Waals surface area (Å²) in [6.45, 7) is 17.5. The first-order valence-corrected chi connectivity index (χ1v) is 7.85. The summed E-state index contributed by atoms with van der Waals surface area (Å²) in [4.78, 5) is 21.9. The van der Waals surface area contributed by atoms with Gasteiger partial charge in [0.25, 0.3) is 0 Å². The van der Waals surface area contributed by atoms with Gasteiger partial charge in [0.05, 0.1) is 16.8 Å². The van der Waals surface area contributed by atoms with Gasteiger partial charge in [-0.3, -0.25) is 0 Å². The Balaban J connectivity index is 4.45. The Bertz CT molecular complexity index is 328. The van der Waals surface area contributed by atoms with E-state index in [9.17, 15) is 0 Å². The van der Waals surface area contributed by atoms with Gasteiger partial charge < -0.3 is 0 Å². The molecule has 0 fully saturated rings. The van der Waals surface area contributed by atoms with Gasteiger partial charge in [0.1, 0.15) is 5.60 Å². The molecular weight excluding hydrogens is 288 g/mol. The Morgan fingerprint density at radius 2 is 1.10 bits per heavy atom. The second-order valence-electron chi connectivity index (χ2n) is 8.25. The smallest absolute Gasteiger partial charge is 0.129 e. The van der Waals surface area contributed by atoms with E-state index in [-0.39, 0.29) is 11.2 Å². The molecule has 1 unspecified atom stereocenters. The summed E-state index contributed by atoms with van der Waals surface area (Å²) >= 11 is 5.09. The van der Waals surface area contributed by atoms with Gasteiger partial charge in [-0.25, -0.2) is 19.6 Å². The minimum atomic E-state index is -0.634. The number of hydrogen-bond acceptors (Lipinski definition) is 5. The van der Waals surface area contributed by atoms with Crippen LogP contribution in [0.4, 0.5) is 0 Å². The number of rotatable bonds is 8. The van der Waals surface area contributed by atoms with Crippen molar-refractivity contribution in [1.29, 1.82) is 0 Å². The molecule has 0 rings (SSSR count). The van der Waals surface area contributed by atoms with E-state index in [4.69, 9.17) is 31.8 Å². The fraction of sp³-hybridized carbons (Fsp3) is 0.938. The van der Waals surface area contributed by atoms with Gasteiger partial charge in [-0.15, -0.1) is 0 Å². The lowest BCUT2D eigenvalue weighted by molar-refractivity contribution is -0.404. The van der Waals surface area contributed by atoms with Crippen molar-refractivity contribution in [3.8, 4) is 0 Å². The Morgan fingerprint density at radius 1 is 0.667 bits per heavy atom. The van der Waals surface area contributed by atoms with Crippen LogP contribution in [-0.4, -0.2) is 27.8 Å². The average Bonchev–Trinajstić information content (AvgIpc) is 2.30. The molecule has 21 heavy (non-hydrogen) atoms. The van der Waals surface area contributed by atoms with Crippen molar-refractivity contribution in [1.82, 2.24) is 0 Å². The molecule has 0 aromatic rings. The molecule has 0 N–H and O–H groups in total. The highest BCUT2D eigenvalue weighted by atomic mass is 32.1. The van der Waals surface area contributed by atoms with Crippen LogP contribution in [-0.2, 0) is 19.6 Å². The van der Waals surface area contributed by atoms with Crippen molar-refractivity contribution < 1.29 is 19.6 Å². The Morgan fingerprint density at radius 3 is 1.48 bits per heavy atom. The molecule has 0 aromatic heterocycles. The molecule has 0 saturated heterocycles. The molecular formula is C16H32O4S. The quantitative estimate of drug-likeness (QED) is 0.365. The lowest BCUT2D eigenvalue weighted by atomic mass is 9.94. The van der Waals surface area contributed by atoms with E-state index in [1.165, 1.54) is 0 Å². The van der Waals surface area contributed by atoms with Crippen LogP contribution in [0.1, 0.15) is 75.2 Å². The third-order valence-electron chi connectivity index (χ3n) is 2.47. The number of hydrogen-bond donors (Lipinski definition) is 0. The van der Waals surface area contributed by atoms with Crippen LogP contribution in [0.2, 0.25) is 0 Å². The van der Waals surface area contributed by atoms with Crippen molar-refractivity contribution in [3.05, 3.63) is 0 Å². The molecule has 0 spiro atoms. The molecule has 5 heteroatoms. The van der Waals surface area contributed by atoms with Crippen molar-refractivity contribution in [2.75, 3.05) is 0 Å². The third kappa shape index (κ3) is 11.2. The van der Waals surface area contributed by atoms with Gasteiger partial charge in [-0.2, -0.15) is 0 Å². The van der Waals surface area contributed by atoms with Crippen molar-refractivity contribution in [2.24, 2.45) is 0 Å². The monoisotopic (exact) mass is 320 g/mol. The summed E-state index contributed by atoms with van der Waals surface area (Å²) in [6, 6.07) is 0. The minimum Gasteiger partial charge on any atom is -0.230 e. The molecule has 1 atom stereocenters. The van der Waals surface area contributed by atoms with Crippen molar-refractivity contribution in [3.63, 3.8) is 0 Å². The van der Waals surface area contributed by atoms with Crippen molar-refractivity contribution >= 4 is 17.6 Å². The van der Waals surface area contributed by atoms with E-state index in [0.29, 0.717) is 6.42 Å². The summed E-state index contributed by atoms with van der Waals surface area (Å²) in [7, 11) is 0. The molecule has 0 heterocycles. The van der Waals surface area contributed by atoms with E-state index in [1.807, 2.05) is 62.3 Å². The van der Waals surface area contributed by atoms with Gasteiger partial charge in [0.15, 0.2) is 0 Å². The summed E-state index contributed by atoms with van der Waals surface area (Å²) < 4.78 is 0. The van der Waals surface area contributed by atoms with Crippen LogP contribution in [0, 0.1) is 0 Å². The molecule has 126 valence electrons. The Hall–Kier alpha value is -0.0700. The van der Waals surface area contributed by atoms with E-state index < -0.39 is 11.2 Å². The minimum absolute atomic E-state index is 0.337. The summed E-state index contributed by atoms with van der Waals surface area (Å²) in [5.41, 5.74) is -1.78. The van der Waals surface area contributed by atoms with Crippen LogP contribution in [0.25, 0.3) is 0 Å². The van der Waals surface area contributed by atoms with Gasteiger partial charge in [0.2, 0.25) is 0 Å². The maximum atomic E-state index is 5.53. The van der Waals surface area contributed by atoms with Gasteiger partial charge >= 0.3 is 0 Å². The molecule has 0 aliphatic rings. The highest BCUT2D eigenvalue weighted by Gasteiger charge is 2.31. The summed E-state index contributed by atoms with van der Waals surface area (Å²) in [6.07, 6.45) is 1.40. The number of thiocarbonyl (C=S) groups is 1. The summed E-state index contributed by atoms with van der Waals surface area (Å²) in [5, 5.41) is 1.60. The molecule has 0 bridgehead atoms. The van der Waals surface area contributed by atoms with E-state index in [1.54, 1.807) is 5.37 Å². The predicted octanol–water partition coefficient (Wildman–Crippen LogP) is 4.80. The molecule has 0 aliphatic heterocycles. The fourth-order valence-electron chi connectivity index (χ4n) is 1.17. The molecule has 0 amide bonds. The first-order chi connectivity index (χ1) is 9.18. The SMILES string of the molecule is CC(C)(C)OOC(C)(C)CCC(C)(C=S)OOC(C)(C)C. The van der Waals surface area contributed by atoms with Crippen LogP contribution in [0.15, 0.2) is 0 Å². The van der Waals surface area contributed by atoms with Gasteiger partial charge in [-0.05, 0) is 75.2 Å². The maximum absolute atomic E-state index is 5.53. The van der Waals surface area contributed by atoms with Crippen LogP contribution >= 0.6 is 12.2 Å². The predicted molar refractivity (Wildman–Crippen MR) is 89.2 cm³/mol. The third-order valence-corrected chi connectivity index (χ3v) is 2.97. The Kier molecular flexibility index (Phi) is 7.44. The largest absolute Gasteiger partial charge is 0.230 e. The second kappa shape index (κ2) is 7.47. The first-order valence-electron chi connectivity index (χ1n) is 7.38. The van der Waals surface area contributed by atoms with Crippen LogP contribution in [0.5, 0.6) is 0 Å². The molecule has 0 radical (unpaired) electrons. The van der Waals surface area contributed by atoms with E-state index in [2.05, 4.69) is 0 Å². The standard InChI is InChI=1S/C16H32O4S/c1-13(2,3)17-19-15(7,8)10-11-16(9,12-21)20-18-14(4,5)6/h12H,10-11H2,1-9H3. The highest BCUT2D eigenvalue weighted by Crippen LogP contribution is 2.27. The lowest BCUT2D eigenvalue weighted by Gasteiger charge is -2.33. The zero-order valence-corrected chi connectivity index (χ0v) is 15.8. The van der Waals surface area contributed by atoms with Crippen LogP contribution in [0.3, 0.4) is 0 Å². The van der Waals surface area contributed by atoms with Crippen LogP contribution < -0.4 is 0 Å². The lowest BCUT2D eigenvalue weighted by Crippen LogP contribution is -2.38. The Labute approximate surface area is 135 Å². The average molecular weight is 320 g/mol. The normalized spacial score (nSPS) is 16.6. The van der Waals surface area contributed by atoms with E-state index in [0.717, 1.165) is 6.42 Å². The molecule has 0 saturated carbocycles. The summed E-state index contributed by atoms with van der Waals surface area (Å²) in [5.74, 6) is 0. The topological polar surface area (TPSA) is 36.9 Å². The van der Waals surface area contributed by atoms with Crippen molar-refractivity contribution in [2.45, 2.75) is 97.6 Å². The molecule has 0 aromatic carbocycles. The molecule has 4 nitrogen and oxygen atoms in total. The van der Waals surface area contributed by atoms with Gasteiger partial charge in [0, 0.05) is 5.37 Å². The second-order valence-corrected chi connectivity index (χ2v) is 8.48. The maximum Gasteiger partial charge on any atom is 0.129 e. The van der Waals surface area contributed by atoms with E-state index >= 15 is 0 Å². The zero-order valence-electron chi connectivity index (χ0n) is 15.0. The molecule has 0 aliphatic carbocycles. The zero-order chi connectivity index (χ0) is 16.9. The van der Waals surface area contributed by atoms with Gasteiger partial charge in [-0.1, -0.05) is 12.2 Å². The highest BCUT2D eigenvalue weighted by molar-refractivity contribution is 7.79. The fourth-order valence-corrected chi connectivity index (χ4v) is 1.33. The first kappa shape index (κ1) is 20.9.